The summed E-state index contributed by atoms with van der Waals surface area (Å²) in [5.41, 5.74) is 0. The van der Waals surface area contributed by atoms with Crippen molar-refractivity contribution in [2.45, 2.75) is 51.9 Å². The second kappa shape index (κ2) is 8.58. The van der Waals surface area contributed by atoms with Crippen LogP contribution < -0.4 is 0 Å². The molecule has 1 unspecified atom stereocenters. The lowest BCUT2D eigenvalue weighted by molar-refractivity contribution is 0.183. The third kappa shape index (κ3) is 5.91. The Balaban J connectivity index is 2.00. The average Bonchev–Trinajstić information content (AvgIpc) is 2.29. The second-order valence-electron chi connectivity index (χ2n) is 4.88. The smallest absolute Gasteiger partial charge is 0.00718 e. The molecule has 15 heavy (non-hydrogen) atoms. The van der Waals surface area contributed by atoms with Crippen LogP contribution in [-0.4, -0.2) is 29.9 Å². The minimum atomic E-state index is 0.911. The van der Waals surface area contributed by atoms with Crippen LogP contribution in [0.3, 0.4) is 0 Å². The summed E-state index contributed by atoms with van der Waals surface area (Å²) >= 11 is 3.61. The third-order valence-corrected chi connectivity index (χ3v) is 4.31. The fourth-order valence-electron chi connectivity index (χ4n) is 2.42. The molecule has 0 aliphatic carbocycles. The quantitative estimate of drug-likeness (QED) is 0.500. The molecule has 1 aliphatic rings. The molecule has 1 saturated heterocycles. The predicted molar refractivity (Wildman–Crippen MR) is 71.7 cm³/mol. The summed E-state index contributed by atoms with van der Waals surface area (Å²) in [4.78, 5) is 2.67. The molecule has 0 spiro atoms. The van der Waals surface area contributed by atoms with E-state index in [1.54, 1.807) is 0 Å². The Kier molecular flexibility index (Phi) is 7.72. The Morgan fingerprint density at radius 1 is 1.20 bits per heavy atom. The average molecular weight is 276 g/mol. The molecule has 0 amide bonds. The van der Waals surface area contributed by atoms with Gasteiger partial charge in [-0.3, -0.25) is 0 Å². The number of unbranched alkanes of at least 4 members (excludes halogenated alkanes) is 4. The number of hydrogen-bond donors (Lipinski definition) is 0. The maximum Gasteiger partial charge on any atom is 0.00718 e. The van der Waals surface area contributed by atoms with Gasteiger partial charge in [0.1, 0.15) is 0 Å². The van der Waals surface area contributed by atoms with Crippen LogP contribution in [0, 0.1) is 5.92 Å². The summed E-state index contributed by atoms with van der Waals surface area (Å²) in [6.07, 6.45) is 9.90. The van der Waals surface area contributed by atoms with Crippen molar-refractivity contribution in [2.24, 2.45) is 5.92 Å². The minimum absolute atomic E-state index is 0.911. The zero-order valence-electron chi connectivity index (χ0n) is 10.2. The molecular weight excluding hydrogens is 250 g/mol. The van der Waals surface area contributed by atoms with Crippen molar-refractivity contribution in [1.82, 2.24) is 4.90 Å². The molecule has 1 rings (SSSR count). The number of likely N-dealkylation sites (tertiary alicyclic amines) is 1. The zero-order valence-corrected chi connectivity index (χ0v) is 11.8. The van der Waals surface area contributed by atoms with Crippen molar-refractivity contribution >= 4 is 15.9 Å². The van der Waals surface area contributed by atoms with Gasteiger partial charge in [0.2, 0.25) is 0 Å². The first-order chi connectivity index (χ1) is 7.36. The Hall–Kier alpha value is 0.440. The Bertz CT molecular complexity index is 149. The number of piperidine rings is 1. The van der Waals surface area contributed by atoms with Gasteiger partial charge in [-0.15, -0.1) is 0 Å². The van der Waals surface area contributed by atoms with Gasteiger partial charge in [-0.2, -0.15) is 0 Å². The Morgan fingerprint density at radius 3 is 2.73 bits per heavy atom. The second-order valence-corrected chi connectivity index (χ2v) is 5.52. The van der Waals surface area contributed by atoms with Gasteiger partial charge in [-0.1, -0.05) is 48.5 Å². The van der Waals surface area contributed by atoms with Gasteiger partial charge in [0.05, 0.1) is 0 Å². The molecule has 2 heteroatoms. The topological polar surface area (TPSA) is 3.24 Å². The molecule has 90 valence electrons. The third-order valence-electron chi connectivity index (χ3n) is 3.40. The molecule has 0 N–H and O–H groups in total. The van der Waals surface area contributed by atoms with Crippen molar-refractivity contribution in [1.29, 1.82) is 0 Å². The van der Waals surface area contributed by atoms with E-state index in [0.29, 0.717) is 0 Å². The molecule has 0 saturated carbocycles. The minimum Gasteiger partial charge on any atom is -0.303 e. The fraction of sp³-hybridized carbons (Fsp3) is 1.00. The number of hydrogen-bond acceptors (Lipinski definition) is 1. The van der Waals surface area contributed by atoms with Crippen LogP contribution in [0.25, 0.3) is 0 Å². The molecule has 1 heterocycles. The van der Waals surface area contributed by atoms with E-state index < -0.39 is 0 Å². The van der Waals surface area contributed by atoms with Gasteiger partial charge in [0, 0.05) is 11.9 Å². The summed E-state index contributed by atoms with van der Waals surface area (Å²) in [6, 6.07) is 0. The maximum absolute atomic E-state index is 3.61. The lowest BCUT2D eigenvalue weighted by atomic mass is 10.00. The molecule has 1 nitrogen and oxygen atoms in total. The van der Waals surface area contributed by atoms with Crippen LogP contribution in [0.5, 0.6) is 0 Å². The highest BCUT2D eigenvalue weighted by Crippen LogP contribution is 2.18. The molecule has 0 bridgehead atoms. The van der Waals surface area contributed by atoms with Crippen LogP contribution in [-0.2, 0) is 0 Å². The summed E-state index contributed by atoms with van der Waals surface area (Å²) in [7, 11) is 0. The van der Waals surface area contributed by atoms with Gasteiger partial charge in [0.25, 0.3) is 0 Å². The lowest BCUT2D eigenvalue weighted by Crippen LogP contribution is -2.36. The molecule has 0 radical (unpaired) electrons. The van der Waals surface area contributed by atoms with E-state index in [1.165, 1.54) is 69.9 Å². The van der Waals surface area contributed by atoms with Crippen LogP contribution in [0.1, 0.15) is 51.9 Å². The summed E-state index contributed by atoms with van der Waals surface area (Å²) < 4.78 is 0. The van der Waals surface area contributed by atoms with Crippen LogP contribution >= 0.6 is 15.9 Å². The van der Waals surface area contributed by atoms with Crippen molar-refractivity contribution in [3.05, 3.63) is 0 Å². The van der Waals surface area contributed by atoms with E-state index in [0.717, 1.165) is 5.92 Å². The maximum atomic E-state index is 3.61. The SMILES string of the molecule is CCCCCCCN1CCCC(CBr)C1. The molecule has 1 fully saturated rings. The van der Waals surface area contributed by atoms with E-state index in [1.807, 2.05) is 0 Å². The van der Waals surface area contributed by atoms with Crippen LogP contribution in [0.15, 0.2) is 0 Å². The first kappa shape index (κ1) is 13.5. The van der Waals surface area contributed by atoms with Crippen LogP contribution in [0.2, 0.25) is 0 Å². The van der Waals surface area contributed by atoms with Gasteiger partial charge in [-0.25, -0.2) is 0 Å². The van der Waals surface area contributed by atoms with Crippen molar-refractivity contribution in [3.8, 4) is 0 Å². The summed E-state index contributed by atoms with van der Waals surface area (Å²) in [5, 5.41) is 1.19. The summed E-state index contributed by atoms with van der Waals surface area (Å²) in [6.45, 7) is 6.30. The fourth-order valence-corrected chi connectivity index (χ4v) is 2.95. The van der Waals surface area contributed by atoms with Crippen LogP contribution in [0.4, 0.5) is 0 Å². The van der Waals surface area contributed by atoms with E-state index >= 15 is 0 Å². The molecular formula is C13H26BrN. The Morgan fingerprint density at radius 2 is 2.00 bits per heavy atom. The first-order valence-electron chi connectivity index (χ1n) is 6.65. The van der Waals surface area contributed by atoms with Crippen molar-refractivity contribution in [3.63, 3.8) is 0 Å². The van der Waals surface area contributed by atoms with Gasteiger partial charge in [0.15, 0.2) is 0 Å². The highest BCUT2D eigenvalue weighted by Gasteiger charge is 2.17. The number of nitrogens with zero attached hydrogens (tertiary/aromatic N) is 1. The largest absolute Gasteiger partial charge is 0.303 e. The molecule has 0 aromatic rings. The number of rotatable bonds is 7. The molecule has 0 aromatic heterocycles. The highest BCUT2D eigenvalue weighted by atomic mass is 79.9. The van der Waals surface area contributed by atoms with E-state index in [2.05, 4.69) is 27.8 Å². The van der Waals surface area contributed by atoms with E-state index in [-0.39, 0.29) is 0 Å². The molecule has 0 aromatic carbocycles. The van der Waals surface area contributed by atoms with Crippen molar-refractivity contribution in [2.75, 3.05) is 25.0 Å². The molecule has 1 atom stereocenters. The standard InChI is InChI=1S/C13H26BrN/c1-2-3-4-5-6-9-15-10-7-8-13(11-14)12-15/h13H,2-12H2,1H3. The predicted octanol–water partition coefficient (Wildman–Crippen LogP) is 4.06. The van der Waals surface area contributed by atoms with E-state index in [4.69, 9.17) is 0 Å². The zero-order chi connectivity index (χ0) is 10.9. The monoisotopic (exact) mass is 275 g/mol. The first-order valence-corrected chi connectivity index (χ1v) is 7.77. The van der Waals surface area contributed by atoms with Gasteiger partial charge >= 0.3 is 0 Å². The number of halogens is 1. The highest BCUT2D eigenvalue weighted by molar-refractivity contribution is 9.09. The van der Waals surface area contributed by atoms with Crippen molar-refractivity contribution < 1.29 is 0 Å². The summed E-state index contributed by atoms with van der Waals surface area (Å²) in [5.74, 6) is 0.911. The molecule has 1 aliphatic heterocycles. The van der Waals surface area contributed by atoms with Gasteiger partial charge < -0.3 is 4.90 Å². The Labute approximate surface area is 104 Å². The van der Waals surface area contributed by atoms with Gasteiger partial charge in [-0.05, 0) is 38.3 Å². The normalized spacial score (nSPS) is 23.2. The number of alkyl halides is 1. The lowest BCUT2D eigenvalue weighted by Gasteiger charge is -2.31. The van der Waals surface area contributed by atoms with E-state index in [9.17, 15) is 0 Å².